The normalized spacial score (nSPS) is 27.6. The van der Waals surface area contributed by atoms with Gasteiger partial charge < -0.3 is 4.74 Å². The zero-order chi connectivity index (χ0) is 9.47. The molecular weight excluding hydrogens is 166 g/mol. The van der Waals surface area contributed by atoms with Gasteiger partial charge >= 0.3 is 0 Å². The van der Waals surface area contributed by atoms with Crippen molar-refractivity contribution < 1.29 is 4.74 Å². The highest BCUT2D eigenvalue weighted by atomic mass is 16.6. The average Bonchev–Trinajstić information content (AvgIpc) is 2.56. The zero-order valence-electron chi connectivity index (χ0n) is 8.24. The molecule has 4 nitrogen and oxygen atoms in total. The molecule has 0 saturated carbocycles. The Labute approximate surface area is 77.7 Å². The second-order valence-corrected chi connectivity index (χ2v) is 4.30. The first-order valence-electron chi connectivity index (χ1n) is 4.61. The molecule has 1 aromatic rings. The van der Waals surface area contributed by atoms with Gasteiger partial charge in [0.2, 0.25) is 0 Å². The number of hydrogen-bond acceptors (Lipinski definition) is 3. The van der Waals surface area contributed by atoms with E-state index in [1.54, 1.807) is 6.33 Å². The van der Waals surface area contributed by atoms with Gasteiger partial charge in [-0.05, 0) is 13.3 Å². The third-order valence-corrected chi connectivity index (χ3v) is 2.60. The monoisotopic (exact) mass is 181 g/mol. The van der Waals surface area contributed by atoms with Crippen LogP contribution in [0.2, 0.25) is 0 Å². The molecule has 0 aromatic carbocycles. The minimum atomic E-state index is 0.0337. The van der Waals surface area contributed by atoms with Gasteiger partial charge in [0, 0.05) is 5.41 Å². The van der Waals surface area contributed by atoms with Crippen LogP contribution in [0.3, 0.4) is 0 Å². The number of hydrogen-bond donors (Lipinski definition) is 1. The number of epoxide rings is 1. The zero-order valence-corrected chi connectivity index (χ0v) is 8.24. The van der Waals surface area contributed by atoms with E-state index >= 15 is 0 Å². The maximum atomic E-state index is 5.39. The van der Waals surface area contributed by atoms with Crippen LogP contribution in [-0.4, -0.2) is 27.4 Å². The molecule has 1 aromatic heterocycles. The highest BCUT2D eigenvalue weighted by molar-refractivity contribution is 5.04. The first kappa shape index (κ1) is 8.69. The van der Waals surface area contributed by atoms with E-state index in [9.17, 15) is 0 Å². The molecule has 13 heavy (non-hydrogen) atoms. The van der Waals surface area contributed by atoms with E-state index in [2.05, 4.69) is 36.0 Å². The molecule has 0 radical (unpaired) electrons. The number of aromatic amines is 1. The molecule has 1 aliphatic rings. The Kier molecular flexibility index (Phi) is 1.87. The van der Waals surface area contributed by atoms with E-state index in [1.165, 1.54) is 0 Å². The summed E-state index contributed by atoms with van der Waals surface area (Å²) < 4.78 is 5.39. The van der Waals surface area contributed by atoms with Gasteiger partial charge in [0.25, 0.3) is 0 Å². The van der Waals surface area contributed by atoms with Crippen molar-refractivity contribution in [2.75, 3.05) is 0 Å². The molecule has 1 N–H and O–H groups in total. The molecule has 1 fully saturated rings. The lowest BCUT2D eigenvalue weighted by Crippen LogP contribution is -2.22. The molecule has 2 unspecified atom stereocenters. The molecule has 0 spiro atoms. The summed E-state index contributed by atoms with van der Waals surface area (Å²) in [5.41, 5.74) is 0.0337. The van der Waals surface area contributed by atoms with Crippen LogP contribution in [0.15, 0.2) is 6.33 Å². The summed E-state index contributed by atoms with van der Waals surface area (Å²) in [6.45, 7) is 6.41. The number of nitrogens with zero attached hydrogens (tertiary/aromatic N) is 2. The molecule has 2 rings (SSSR count). The molecule has 0 bridgehead atoms. The second-order valence-electron chi connectivity index (χ2n) is 4.30. The molecule has 0 aliphatic carbocycles. The lowest BCUT2D eigenvalue weighted by molar-refractivity contribution is 0.327. The Morgan fingerprint density at radius 1 is 1.62 bits per heavy atom. The first-order valence-corrected chi connectivity index (χ1v) is 4.61. The fraction of sp³-hybridized carbons (Fsp3) is 0.778. The van der Waals surface area contributed by atoms with Gasteiger partial charge in [-0.25, -0.2) is 4.98 Å². The van der Waals surface area contributed by atoms with Gasteiger partial charge in [0.1, 0.15) is 12.2 Å². The van der Waals surface area contributed by atoms with Crippen LogP contribution in [-0.2, 0) is 10.2 Å². The number of nitrogens with one attached hydrogen (secondary N) is 1. The molecule has 72 valence electrons. The predicted molar refractivity (Wildman–Crippen MR) is 48.4 cm³/mol. The Morgan fingerprint density at radius 3 is 2.77 bits per heavy atom. The number of rotatable bonds is 3. The van der Waals surface area contributed by atoms with Crippen molar-refractivity contribution in [3.63, 3.8) is 0 Å². The van der Waals surface area contributed by atoms with Gasteiger partial charge in [-0.15, -0.1) is 0 Å². The third kappa shape index (κ3) is 1.72. The second kappa shape index (κ2) is 2.80. The summed E-state index contributed by atoms with van der Waals surface area (Å²) in [5.74, 6) is 0.940. The van der Waals surface area contributed by atoms with E-state index in [4.69, 9.17) is 4.74 Å². The van der Waals surface area contributed by atoms with Crippen molar-refractivity contribution in [3.8, 4) is 0 Å². The van der Waals surface area contributed by atoms with Gasteiger partial charge in [-0.2, -0.15) is 5.10 Å². The summed E-state index contributed by atoms with van der Waals surface area (Å²) in [4.78, 5) is 4.17. The summed E-state index contributed by atoms with van der Waals surface area (Å²) >= 11 is 0. The number of aromatic nitrogens is 3. The Morgan fingerprint density at radius 2 is 2.31 bits per heavy atom. The van der Waals surface area contributed by atoms with E-state index in [1.807, 2.05) is 0 Å². The molecule has 4 heteroatoms. The first-order chi connectivity index (χ1) is 6.09. The maximum Gasteiger partial charge on any atom is 0.137 e. The lowest BCUT2D eigenvalue weighted by atomic mass is 9.86. The Bertz CT molecular complexity index is 281. The van der Waals surface area contributed by atoms with Crippen molar-refractivity contribution in [1.82, 2.24) is 15.2 Å². The quantitative estimate of drug-likeness (QED) is 0.714. The molecule has 0 amide bonds. The minimum Gasteiger partial charge on any atom is -0.370 e. The molecule has 1 saturated heterocycles. The van der Waals surface area contributed by atoms with Crippen molar-refractivity contribution in [1.29, 1.82) is 0 Å². The lowest BCUT2D eigenvalue weighted by Gasteiger charge is -2.19. The van der Waals surface area contributed by atoms with E-state index in [0.29, 0.717) is 12.2 Å². The summed E-state index contributed by atoms with van der Waals surface area (Å²) in [6.07, 6.45) is 3.37. The van der Waals surface area contributed by atoms with Crippen LogP contribution in [0.5, 0.6) is 0 Å². The smallest absolute Gasteiger partial charge is 0.137 e. The maximum absolute atomic E-state index is 5.39. The van der Waals surface area contributed by atoms with Gasteiger partial charge in [0.05, 0.1) is 12.2 Å². The SMILES string of the molecule is CC1OC1CC(C)(C)c1ncn[nH]1. The van der Waals surface area contributed by atoms with Gasteiger partial charge in [0.15, 0.2) is 0 Å². The minimum absolute atomic E-state index is 0.0337. The van der Waals surface area contributed by atoms with Crippen LogP contribution in [0, 0.1) is 0 Å². The molecule has 1 aliphatic heterocycles. The van der Waals surface area contributed by atoms with E-state index in [-0.39, 0.29) is 5.41 Å². The van der Waals surface area contributed by atoms with E-state index < -0.39 is 0 Å². The van der Waals surface area contributed by atoms with E-state index in [0.717, 1.165) is 12.2 Å². The molecule has 2 heterocycles. The third-order valence-electron chi connectivity index (χ3n) is 2.60. The predicted octanol–water partition coefficient (Wildman–Crippen LogP) is 1.26. The Balaban J connectivity index is 2.03. The van der Waals surface area contributed by atoms with Crippen molar-refractivity contribution in [2.45, 2.75) is 44.8 Å². The van der Waals surface area contributed by atoms with Crippen molar-refractivity contribution >= 4 is 0 Å². The van der Waals surface area contributed by atoms with Crippen LogP contribution in [0.25, 0.3) is 0 Å². The molecular formula is C9H15N3O. The highest BCUT2D eigenvalue weighted by Gasteiger charge is 2.40. The summed E-state index contributed by atoms with van der Waals surface area (Å²) in [6, 6.07) is 0. The van der Waals surface area contributed by atoms with Crippen LogP contribution in [0.4, 0.5) is 0 Å². The van der Waals surface area contributed by atoms with Gasteiger partial charge in [-0.3, -0.25) is 5.10 Å². The van der Waals surface area contributed by atoms with Crippen LogP contribution >= 0.6 is 0 Å². The average molecular weight is 181 g/mol. The fourth-order valence-electron chi connectivity index (χ4n) is 1.58. The summed E-state index contributed by atoms with van der Waals surface area (Å²) in [5, 5.41) is 6.77. The summed E-state index contributed by atoms with van der Waals surface area (Å²) in [7, 11) is 0. The largest absolute Gasteiger partial charge is 0.370 e. The standard InChI is InChI=1S/C9H15N3O/c1-6-7(13-6)4-9(2,3)8-10-5-11-12-8/h5-7H,4H2,1-3H3,(H,10,11,12). The topological polar surface area (TPSA) is 54.1 Å². The highest BCUT2D eigenvalue weighted by Crippen LogP contribution is 2.34. The van der Waals surface area contributed by atoms with Crippen LogP contribution < -0.4 is 0 Å². The van der Waals surface area contributed by atoms with Crippen molar-refractivity contribution in [2.24, 2.45) is 0 Å². The van der Waals surface area contributed by atoms with Crippen molar-refractivity contribution in [3.05, 3.63) is 12.2 Å². The molecule has 2 atom stereocenters. The Hall–Kier alpha value is -0.900. The number of ether oxygens (including phenoxy) is 1. The number of H-pyrrole nitrogens is 1. The fourth-order valence-corrected chi connectivity index (χ4v) is 1.58. The van der Waals surface area contributed by atoms with Crippen LogP contribution in [0.1, 0.15) is 33.0 Å². The van der Waals surface area contributed by atoms with Gasteiger partial charge in [-0.1, -0.05) is 13.8 Å².